The van der Waals surface area contributed by atoms with Gasteiger partial charge in [0.25, 0.3) is 0 Å². The standard InChI is InChI=1S/C28H35N3O5S/c1-6-35-25(33)20-12-14-30(15-13-20)22(32)16-21-17-37-27-29-18(2)23(26(34)36-28(3,4)5)24(31(21)27)19-10-8-7-9-11-19/h7-11,17,20,24H,6,12-16H2,1-5H3/t24-/m0/s1. The summed E-state index contributed by atoms with van der Waals surface area (Å²) in [7, 11) is 0. The van der Waals surface area contributed by atoms with E-state index in [1.54, 1.807) is 6.92 Å². The van der Waals surface area contributed by atoms with Gasteiger partial charge in [-0.3, -0.25) is 9.59 Å². The third-order valence-electron chi connectivity index (χ3n) is 6.53. The Hall–Kier alpha value is -3.07. The van der Waals surface area contributed by atoms with E-state index in [0.29, 0.717) is 43.8 Å². The Morgan fingerprint density at radius 2 is 1.78 bits per heavy atom. The third-order valence-corrected chi connectivity index (χ3v) is 7.42. The fraction of sp³-hybridized carbons (Fsp3) is 0.500. The van der Waals surface area contributed by atoms with Gasteiger partial charge in [0.15, 0.2) is 5.17 Å². The summed E-state index contributed by atoms with van der Waals surface area (Å²) in [6.45, 7) is 10.6. The number of allylic oxidation sites excluding steroid dienone is 1. The molecule has 3 aliphatic rings. The first kappa shape index (κ1) is 27.0. The zero-order valence-corrected chi connectivity index (χ0v) is 23.0. The van der Waals surface area contributed by atoms with E-state index in [2.05, 4.69) is 0 Å². The number of aliphatic imine (C=N–C) groups is 1. The summed E-state index contributed by atoms with van der Waals surface area (Å²) in [4.78, 5) is 47.3. The van der Waals surface area contributed by atoms with E-state index < -0.39 is 17.6 Å². The van der Waals surface area contributed by atoms with E-state index in [4.69, 9.17) is 14.5 Å². The van der Waals surface area contributed by atoms with Gasteiger partial charge in [-0.05, 0) is 58.4 Å². The lowest BCUT2D eigenvalue weighted by Gasteiger charge is -2.37. The molecule has 8 nitrogen and oxygen atoms in total. The fourth-order valence-electron chi connectivity index (χ4n) is 4.81. The smallest absolute Gasteiger partial charge is 0.338 e. The van der Waals surface area contributed by atoms with Crippen molar-refractivity contribution in [3.8, 4) is 0 Å². The highest BCUT2D eigenvalue weighted by molar-refractivity contribution is 8.16. The number of amidine groups is 1. The maximum atomic E-state index is 13.4. The van der Waals surface area contributed by atoms with Crippen LogP contribution in [0.15, 0.2) is 57.7 Å². The number of rotatable bonds is 6. The molecule has 4 rings (SSSR count). The summed E-state index contributed by atoms with van der Waals surface area (Å²) in [5.41, 5.74) is 2.15. The fourth-order valence-corrected chi connectivity index (χ4v) is 5.77. The normalized spacial score (nSPS) is 20.3. The summed E-state index contributed by atoms with van der Waals surface area (Å²) in [6, 6.07) is 9.32. The second-order valence-electron chi connectivity index (χ2n) is 10.4. The molecule has 0 saturated carbocycles. The number of likely N-dealkylation sites (tertiary alicyclic amines) is 1. The molecule has 1 fully saturated rings. The second-order valence-corrected chi connectivity index (χ2v) is 11.2. The number of piperidine rings is 1. The highest BCUT2D eigenvalue weighted by Gasteiger charge is 2.42. The molecule has 0 aliphatic carbocycles. The average Bonchev–Trinajstić information content (AvgIpc) is 3.24. The number of ether oxygens (including phenoxy) is 2. The summed E-state index contributed by atoms with van der Waals surface area (Å²) in [6.07, 6.45) is 1.39. The lowest BCUT2D eigenvalue weighted by atomic mass is 9.93. The molecule has 1 atom stereocenters. The number of carbonyl (C=O) groups excluding carboxylic acids is 3. The number of amides is 1. The van der Waals surface area contributed by atoms with Crippen molar-refractivity contribution < 1.29 is 23.9 Å². The van der Waals surface area contributed by atoms with Crippen molar-refractivity contribution in [2.45, 2.75) is 65.5 Å². The van der Waals surface area contributed by atoms with Crippen LogP contribution in [0.5, 0.6) is 0 Å². The lowest BCUT2D eigenvalue weighted by molar-refractivity contribution is -0.151. The molecule has 1 aromatic rings. The second kappa shape index (κ2) is 11.1. The predicted molar refractivity (Wildman–Crippen MR) is 143 cm³/mol. The number of esters is 2. The minimum absolute atomic E-state index is 0.00712. The van der Waals surface area contributed by atoms with Crippen LogP contribution in [0.3, 0.4) is 0 Å². The van der Waals surface area contributed by atoms with Crippen molar-refractivity contribution >= 4 is 34.8 Å². The number of thioether (sulfide) groups is 1. The molecule has 0 spiro atoms. The van der Waals surface area contributed by atoms with Crippen LogP contribution in [0.2, 0.25) is 0 Å². The van der Waals surface area contributed by atoms with E-state index >= 15 is 0 Å². The van der Waals surface area contributed by atoms with Crippen LogP contribution in [0, 0.1) is 5.92 Å². The Bertz CT molecular complexity index is 1140. The van der Waals surface area contributed by atoms with Crippen molar-refractivity contribution in [2.75, 3.05) is 19.7 Å². The van der Waals surface area contributed by atoms with Crippen molar-refractivity contribution in [1.29, 1.82) is 0 Å². The Balaban J connectivity index is 1.55. The summed E-state index contributed by atoms with van der Waals surface area (Å²) < 4.78 is 10.9. The van der Waals surface area contributed by atoms with Crippen molar-refractivity contribution in [3.05, 3.63) is 58.3 Å². The molecule has 0 radical (unpaired) electrons. The maximum Gasteiger partial charge on any atom is 0.338 e. The zero-order chi connectivity index (χ0) is 26.7. The zero-order valence-electron chi connectivity index (χ0n) is 22.2. The largest absolute Gasteiger partial charge is 0.466 e. The van der Waals surface area contributed by atoms with Crippen LogP contribution in [-0.4, -0.2) is 58.1 Å². The first-order valence-corrected chi connectivity index (χ1v) is 13.6. The van der Waals surface area contributed by atoms with Crippen LogP contribution < -0.4 is 0 Å². The summed E-state index contributed by atoms with van der Waals surface area (Å²) in [5.74, 6) is -0.753. The third kappa shape index (κ3) is 6.09. The molecule has 0 N–H and O–H groups in total. The molecule has 0 unspecified atom stereocenters. The molecule has 37 heavy (non-hydrogen) atoms. The first-order valence-electron chi connectivity index (χ1n) is 12.8. The van der Waals surface area contributed by atoms with Crippen LogP contribution in [-0.2, 0) is 23.9 Å². The van der Waals surface area contributed by atoms with Gasteiger partial charge in [-0.2, -0.15) is 0 Å². The Labute approximate surface area is 222 Å². The number of hydrogen-bond donors (Lipinski definition) is 0. The van der Waals surface area contributed by atoms with Crippen molar-refractivity contribution in [2.24, 2.45) is 10.9 Å². The van der Waals surface area contributed by atoms with E-state index in [9.17, 15) is 14.4 Å². The molecule has 1 aromatic carbocycles. The molecule has 0 bridgehead atoms. The van der Waals surface area contributed by atoms with Crippen LogP contribution in [0.4, 0.5) is 0 Å². The quantitative estimate of drug-likeness (QED) is 0.493. The van der Waals surface area contributed by atoms with Gasteiger partial charge in [0.2, 0.25) is 5.91 Å². The number of carbonyl (C=O) groups is 3. The van der Waals surface area contributed by atoms with Gasteiger partial charge in [-0.15, -0.1) is 0 Å². The molecule has 1 amide bonds. The minimum Gasteiger partial charge on any atom is -0.466 e. The number of nitrogens with zero attached hydrogens (tertiary/aromatic N) is 3. The maximum absolute atomic E-state index is 13.4. The van der Waals surface area contributed by atoms with Crippen molar-refractivity contribution in [1.82, 2.24) is 9.80 Å². The van der Waals surface area contributed by atoms with Gasteiger partial charge >= 0.3 is 11.9 Å². The van der Waals surface area contributed by atoms with Gasteiger partial charge in [0.1, 0.15) is 5.60 Å². The van der Waals surface area contributed by atoms with Crippen LogP contribution in [0.1, 0.15) is 65.5 Å². The lowest BCUT2D eigenvalue weighted by Crippen LogP contribution is -2.42. The molecule has 3 aliphatic heterocycles. The van der Waals surface area contributed by atoms with Gasteiger partial charge < -0.3 is 19.3 Å². The minimum atomic E-state index is -0.653. The molecule has 9 heteroatoms. The summed E-state index contributed by atoms with van der Waals surface area (Å²) in [5, 5.41) is 2.69. The number of hydrogen-bond acceptors (Lipinski definition) is 8. The van der Waals surface area contributed by atoms with E-state index in [0.717, 1.165) is 16.4 Å². The molecule has 3 heterocycles. The number of benzene rings is 1. The summed E-state index contributed by atoms with van der Waals surface area (Å²) >= 11 is 1.46. The molecular formula is C28H35N3O5S. The topological polar surface area (TPSA) is 88.5 Å². The molecular weight excluding hydrogens is 490 g/mol. The highest BCUT2D eigenvalue weighted by Crippen LogP contribution is 2.45. The molecule has 1 saturated heterocycles. The Morgan fingerprint density at radius 3 is 2.41 bits per heavy atom. The van der Waals surface area contributed by atoms with Crippen LogP contribution >= 0.6 is 11.8 Å². The van der Waals surface area contributed by atoms with Gasteiger partial charge in [0, 0.05) is 18.8 Å². The van der Waals surface area contributed by atoms with E-state index in [1.165, 1.54) is 11.8 Å². The van der Waals surface area contributed by atoms with Crippen molar-refractivity contribution in [3.63, 3.8) is 0 Å². The average molecular weight is 526 g/mol. The van der Waals surface area contributed by atoms with E-state index in [-0.39, 0.29) is 24.2 Å². The van der Waals surface area contributed by atoms with Gasteiger partial charge in [-0.25, -0.2) is 9.79 Å². The van der Waals surface area contributed by atoms with E-state index in [1.807, 2.05) is 73.2 Å². The Kier molecular flexibility index (Phi) is 8.11. The monoisotopic (exact) mass is 525 g/mol. The SMILES string of the molecule is CCOC(=O)C1CCN(C(=O)CC2=CSC3=NC(C)=C(C(=O)OC(C)(C)C)[C@H](c4ccccc4)N23)CC1. The number of fused-ring (bicyclic) bond motifs is 1. The molecule has 0 aromatic heterocycles. The predicted octanol–water partition coefficient (Wildman–Crippen LogP) is 4.80. The molecule has 198 valence electrons. The highest BCUT2D eigenvalue weighted by atomic mass is 32.2. The van der Waals surface area contributed by atoms with Gasteiger partial charge in [0.05, 0.1) is 36.3 Å². The Morgan fingerprint density at radius 1 is 1.11 bits per heavy atom. The first-order chi connectivity index (χ1) is 17.6. The van der Waals surface area contributed by atoms with Crippen LogP contribution in [0.25, 0.3) is 0 Å². The van der Waals surface area contributed by atoms with Gasteiger partial charge in [-0.1, -0.05) is 42.1 Å².